The number of carbonyl (C=O) groups is 1. The molecule has 2 rings (SSSR count). The predicted octanol–water partition coefficient (Wildman–Crippen LogP) is 3.24. The van der Waals surface area contributed by atoms with Gasteiger partial charge in [-0.25, -0.2) is 0 Å². The van der Waals surface area contributed by atoms with Crippen LogP contribution in [-0.4, -0.2) is 5.78 Å². The number of hydrogen-bond acceptors (Lipinski definition) is 2. The molecule has 0 saturated heterocycles. The molecule has 0 spiro atoms. The van der Waals surface area contributed by atoms with E-state index in [2.05, 4.69) is 6.92 Å². The van der Waals surface area contributed by atoms with E-state index in [0.29, 0.717) is 10.9 Å². The van der Waals surface area contributed by atoms with E-state index in [0.717, 1.165) is 11.3 Å². The van der Waals surface area contributed by atoms with Gasteiger partial charge in [0.25, 0.3) is 0 Å². The van der Waals surface area contributed by atoms with Gasteiger partial charge in [0.15, 0.2) is 5.78 Å². The molecule has 0 aromatic carbocycles. The Bertz CT molecular complexity index is 318. The minimum Gasteiger partial charge on any atom is -0.293 e. The van der Waals surface area contributed by atoms with Crippen LogP contribution in [0.1, 0.15) is 23.0 Å². The van der Waals surface area contributed by atoms with Crippen LogP contribution < -0.4 is 0 Å². The molecule has 3 heteroatoms. The molecule has 0 N–H and O–H groups in total. The molecule has 1 saturated carbocycles. The minimum atomic E-state index is 0.238. The summed E-state index contributed by atoms with van der Waals surface area (Å²) in [4.78, 5) is 12.4. The summed E-state index contributed by atoms with van der Waals surface area (Å²) >= 11 is 7.29. The van der Waals surface area contributed by atoms with Gasteiger partial charge in [-0.3, -0.25) is 4.79 Å². The molecule has 0 aliphatic heterocycles. The Morgan fingerprint density at radius 1 is 1.75 bits per heavy atom. The summed E-state index contributed by atoms with van der Waals surface area (Å²) in [6, 6.07) is 1.78. The number of ketones is 1. The maximum absolute atomic E-state index is 11.6. The van der Waals surface area contributed by atoms with Gasteiger partial charge in [-0.15, -0.1) is 11.3 Å². The van der Waals surface area contributed by atoms with Crippen LogP contribution >= 0.6 is 22.9 Å². The van der Waals surface area contributed by atoms with Crippen LogP contribution in [0, 0.1) is 11.8 Å². The number of Topliss-reactive ketones (excluding diaryl/α,β-unsaturated/α-hetero) is 1. The number of hydrogen-bond donors (Lipinski definition) is 0. The molecule has 2 atom stereocenters. The highest BCUT2D eigenvalue weighted by Crippen LogP contribution is 2.42. The standard InChI is InChI=1S/C9H9ClOS/c1-5-4-6(5)8(11)9-7(10)2-3-12-9/h2-3,5-6H,4H2,1H3. The minimum absolute atomic E-state index is 0.238. The van der Waals surface area contributed by atoms with Gasteiger partial charge in [0, 0.05) is 5.92 Å². The van der Waals surface area contributed by atoms with Crippen molar-refractivity contribution >= 4 is 28.7 Å². The summed E-state index contributed by atoms with van der Waals surface area (Å²) in [5.74, 6) is 1.05. The van der Waals surface area contributed by atoms with Crippen LogP contribution in [-0.2, 0) is 0 Å². The van der Waals surface area contributed by atoms with E-state index in [-0.39, 0.29) is 11.7 Å². The quantitative estimate of drug-likeness (QED) is 0.670. The van der Waals surface area contributed by atoms with Crippen LogP contribution in [0.25, 0.3) is 0 Å². The average Bonchev–Trinajstić information content (AvgIpc) is 2.59. The molecular formula is C9H9ClOS. The molecule has 64 valence electrons. The van der Waals surface area contributed by atoms with Gasteiger partial charge in [0.05, 0.1) is 9.90 Å². The van der Waals surface area contributed by atoms with E-state index in [1.807, 2.05) is 5.38 Å². The van der Waals surface area contributed by atoms with Crippen LogP contribution in [0.3, 0.4) is 0 Å². The molecule has 0 amide bonds. The first-order valence-corrected chi connectivity index (χ1v) is 5.23. The smallest absolute Gasteiger partial charge is 0.177 e. The van der Waals surface area contributed by atoms with Gasteiger partial charge in [-0.05, 0) is 23.8 Å². The number of halogens is 1. The van der Waals surface area contributed by atoms with Crippen molar-refractivity contribution in [3.8, 4) is 0 Å². The molecule has 1 aromatic heterocycles. The van der Waals surface area contributed by atoms with Crippen LogP contribution in [0.5, 0.6) is 0 Å². The van der Waals surface area contributed by atoms with Crippen molar-refractivity contribution < 1.29 is 4.79 Å². The zero-order valence-electron chi connectivity index (χ0n) is 6.71. The topological polar surface area (TPSA) is 17.1 Å². The Kier molecular flexibility index (Phi) is 1.97. The van der Waals surface area contributed by atoms with E-state index in [1.54, 1.807) is 6.07 Å². The summed E-state index contributed by atoms with van der Waals surface area (Å²) in [5, 5.41) is 2.48. The number of rotatable bonds is 2. The van der Waals surface area contributed by atoms with Crippen LogP contribution in [0.4, 0.5) is 0 Å². The second-order valence-electron chi connectivity index (χ2n) is 3.28. The lowest BCUT2D eigenvalue weighted by molar-refractivity contribution is 0.0966. The van der Waals surface area contributed by atoms with Gasteiger partial charge in [-0.1, -0.05) is 18.5 Å². The van der Waals surface area contributed by atoms with Crippen molar-refractivity contribution in [1.82, 2.24) is 0 Å². The summed E-state index contributed by atoms with van der Waals surface area (Å²) in [5.41, 5.74) is 0. The monoisotopic (exact) mass is 200 g/mol. The first-order valence-electron chi connectivity index (χ1n) is 3.97. The Morgan fingerprint density at radius 3 is 2.83 bits per heavy atom. The zero-order valence-corrected chi connectivity index (χ0v) is 8.28. The lowest BCUT2D eigenvalue weighted by atomic mass is 10.2. The molecular weight excluding hydrogens is 192 g/mol. The van der Waals surface area contributed by atoms with E-state index in [4.69, 9.17) is 11.6 Å². The van der Waals surface area contributed by atoms with Crippen LogP contribution in [0.15, 0.2) is 11.4 Å². The Balaban J connectivity index is 2.20. The van der Waals surface area contributed by atoms with E-state index in [1.165, 1.54) is 11.3 Å². The second-order valence-corrected chi connectivity index (χ2v) is 4.60. The molecule has 0 radical (unpaired) electrons. The molecule has 1 fully saturated rings. The highest BCUT2D eigenvalue weighted by Gasteiger charge is 2.40. The highest BCUT2D eigenvalue weighted by atomic mass is 35.5. The Morgan fingerprint density at radius 2 is 2.42 bits per heavy atom. The largest absolute Gasteiger partial charge is 0.293 e. The normalized spacial score (nSPS) is 27.2. The lowest BCUT2D eigenvalue weighted by Gasteiger charge is -1.94. The number of carbonyl (C=O) groups excluding carboxylic acids is 1. The van der Waals surface area contributed by atoms with E-state index < -0.39 is 0 Å². The van der Waals surface area contributed by atoms with Gasteiger partial charge in [-0.2, -0.15) is 0 Å². The van der Waals surface area contributed by atoms with E-state index in [9.17, 15) is 4.79 Å². The summed E-state index contributed by atoms with van der Waals surface area (Å²) < 4.78 is 0. The van der Waals surface area contributed by atoms with Crippen LogP contribution in [0.2, 0.25) is 5.02 Å². The molecule has 0 bridgehead atoms. The molecule has 1 aliphatic rings. The fourth-order valence-corrected chi connectivity index (χ4v) is 2.48. The fraction of sp³-hybridized carbons (Fsp3) is 0.444. The summed E-state index contributed by atoms with van der Waals surface area (Å²) in [6.07, 6.45) is 1.03. The Hall–Kier alpha value is -0.340. The van der Waals surface area contributed by atoms with Gasteiger partial charge in [0.2, 0.25) is 0 Å². The second kappa shape index (κ2) is 2.86. The van der Waals surface area contributed by atoms with Crippen molar-refractivity contribution in [1.29, 1.82) is 0 Å². The maximum atomic E-state index is 11.6. The van der Waals surface area contributed by atoms with Crippen molar-refractivity contribution in [2.24, 2.45) is 11.8 Å². The van der Waals surface area contributed by atoms with E-state index >= 15 is 0 Å². The van der Waals surface area contributed by atoms with Crippen molar-refractivity contribution in [2.75, 3.05) is 0 Å². The third kappa shape index (κ3) is 1.29. The van der Waals surface area contributed by atoms with Gasteiger partial charge < -0.3 is 0 Å². The first-order chi connectivity index (χ1) is 5.70. The predicted molar refractivity (Wildman–Crippen MR) is 50.9 cm³/mol. The van der Waals surface area contributed by atoms with Crippen molar-refractivity contribution in [3.63, 3.8) is 0 Å². The molecule has 1 aromatic rings. The first kappa shape index (κ1) is 8.27. The number of thiophene rings is 1. The molecule has 12 heavy (non-hydrogen) atoms. The Labute approximate surface area is 80.4 Å². The molecule has 2 unspecified atom stereocenters. The summed E-state index contributed by atoms with van der Waals surface area (Å²) in [7, 11) is 0. The average molecular weight is 201 g/mol. The molecule has 1 aliphatic carbocycles. The van der Waals surface area contributed by atoms with Crippen molar-refractivity contribution in [2.45, 2.75) is 13.3 Å². The third-order valence-electron chi connectivity index (χ3n) is 2.29. The molecule has 1 nitrogen and oxygen atoms in total. The summed E-state index contributed by atoms with van der Waals surface area (Å²) in [6.45, 7) is 2.10. The van der Waals surface area contributed by atoms with Gasteiger partial charge >= 0.3 is 0 Å². The third-order valence-corrected chi connectivity index (χ3v) is 3.64. The lowest BCUT2D eigenvalue weighted by Crippen LogP contribution is -2.00. The van der Waals surface area contributed by atoms with Crippen molar-refractivity contribution in [3.05, 3.63) is 21.3 Å². The maximum Gasteiger partial charge on any atom is 0.177 e. The SMILES string of the molecule is CC1CC1C(=O)c1sccc1Cl. The zero-order chi connectivity index (χ0) is 8.72. The highest BCUT2D eigenvalue weighted by molar-refractivity contribution is 7.12. The van der Waals surface area contributed by atoms with Gasteiger partial charge in [0.1, 0.15) is 0 Å². The fourth-order valence-electron chi connectivity index (χ4n) is 1.33. The molecule has 1 heterocycles.